The highest BCUT2D eigenvalue weighted by molar-refractivity contribution is 5.92. The van der Waals surface area contributed by atoms with Crippen LogP contribution in [0, 0.1) is 11.7 Å². The molecule has 1 fully saturated rings. The second kappa shape index (κ2) is 8.16. The van der Waals surface area contributed by atoms with Crippen LogP contribution in [0.3, 0.4) is 0 Å². The van der Waals surface area contributed by atoms with Crippen LogP contribution in [0.25, 0.3) is 16.6 Å². The molecule has 32 heavy (non-hydrogen) atoms. The number of nitrogens with zero attached hydrogens (tertiary/aromatic N) is 4. The van der Waals surface area contributed by atoms with Crippen LogP contribution in [0.2, 0.25) is 0 Å². The Hall–Kier alpha value is -3.01. The van der Waals surface area contributed by atoms with Crippen molar-refractivity contribution in [3.63, 3.8) is 0 Å². The van der Waals surface area contributed by atoms with E-state index < -0.39 is 17.6 Å². The maximum absolute atomic E-state index is 13.4. The van der Waals surface area contributed by atoms with Crippen molar-refractivity contribution in [2.45, 2.75) is 44.3 Å². The second-order valence-corrected chi connectivity index (χ2v) is 8.41. The van der Waals surface area contributed by atoms with E-state index in [1.165, 1.54) is 6.07 Å². The lowest BCUT2D eigenvalue weighted by atomic mass is 9.80. The van der Waals surface area contributed by atoms with Crippen molar-refractivity contribution in [1.29, 1.82) is 0 Å². The molecule has 3 aromatic heterocycles. The summed E-state index contributed by atoms with van der Waals surface area (Å²) in [7, 11) is 0. The number of fused-ring (bicyclic) bond motifs is 3. The molecule has 4 aromatic rings. The molecule has 0 aliphatic heterocycles. The van der Waals surface area contributed by atoms with Crippen LogP contribution in [-0.4, -0.2) is 31.3 Å². The Balaban J connectivity index is 1.19. The number of rotatable bonds is 5. The Morgan fingerprint density at radius 3 is 2.72 bits per heavy atom. The van der Waals surface area contributed by atoms with E-state index >= 15 is 0 Å². The Labute approximate surface area is 181 Å². The monoisotopic (exact) mass is 446 g/mol. The Kier molecular flexibility index (Phi) is 5.32. The zero-order valence-electron chi connectivity index (χ0n) is 17.2. The molecule has 3 heterocycles. The van der Waals surface area contributed by atoms with Crippen LogP contribution in [0.1, 0.15) is 48.4 Å². The summed E-state index contributed by atoms with van der Waals surface area (Å²) in [5, 5.41) is 12.9. The van der Waals surface area contributed by atoms with E-state index in [4.69, 9.17) is 0 Å². The van der Waals surface area contributed by atoms with Gasteiger partial charge in [0.05, 0.1) is 11.3 Å². The van der Waals surface area contributed by atoms with Crippen LogP contribution < -0.4 is 5.32 Å². The molecular weight excluding hydrogens is 424 g/mol. The van der Waals surface area contributed by atoms with Crippen LogP contribution in [0.15, 0.2) is 36.8 Å². The van der Waals surface area contributed by atoms with Gasteiger partial charge in [0, 0.05) is 24.0 Å². The van der Waals surface area contributed by atoms with E-state index in [0.29, 0.717) is 23.9 Å². The number of aromatic amines is 1. The molecule has 0 unspecified atom stereocenters. The molecule has 1 aromatic carbocycles. The van der Waals surface area contributed by atoms with Gasteiger partial charge in [-0.1, -0.05) is 11.3 Å². The fourth-order valence-corrected chi connectivity index (χ4v) is 4.65. The molecule has 168 valence electrons. The average Bonchev–Trinajstić information content (AvgIpc) is 3.41. The van der Waals surface area contributed by atoms with Gasteiger partial charge in [-0.05, 0) is 61.9 Å². The largest absolute Gasteiger partial charge is 0.419 e. The van der Waals surface area contributed by atoms with Crippen molar-refractivity contribution in [2.75, 3.05) is 6.54 Å². The van der Waals surface area contributed by atoms with Gasteiger partial charge in [-0.3, -0.25) is 0 Å². The van der Waals surface area contributed by atoms with Gasteiger partial charge in [-0.25, -0.2) is 13.9 Å². The van der Waals surface area contributed by atoms with Crippen molar-refractivity contribution in [1.82, 2.24) is 30.1 Å². The SMILES string of the molecule is Fc1ccc(CNCC2CCC(c3nnn4cnc5[nH]ccc5c34)CC2)cc1C(F)(F)F. The molecule has 0 spiro atoms. The first-order chi connectivity index (χ1) is 15.4. The van der Waals surface area contributed by atoms with Crippen molar-refractivity contribution in [3.05, 3.63) is 59.4 Å². The third-order valence-corrected chi connectivity index (χ3v) is 6.33. The number of hydrogen-bond acceptors (Lipinski definition) is 4. The minimum Gasteiger partial charge on any atom is -0.346 e. The van der Waals surface area contributed by atoms with Gasteiger partial charge >= 0.3 is 6.18 Å². The van der Waals surface area contributed by atoms with E-state index in [0.717, 1.165) is 60.1 Å². The Bertz CT molecular complexity index is 1240. The summed E-state index contributed by atoms with van der Waals surface area (Å²) >= 11 is 0. The zero-order valence-corrected chi connectivity index (χ0v) is 17.2. The molecule has 0 saturated heterocycles. The first-order valence-electron chi connectivity index (χ1n) is 10.6. The zero-order chi connectivity index (χ0) is 22.3. The minimum atomic E-state index is -4.69. The van der Waals surface area contributed by atoms with Gasteiger partial charge in [0.1, 0.15) is 23.3 Å². The maximum Gasteiger partial charge on any atom is 0.419 e. The van der Waals surface area contributed by atoms with Gasteiger partial charge in [0.25, 0.3) is 0 Å². The fourth-order valence-electron chi connectivity index (χ4n) is 4.65. The van der Waals surface area contributed by atoms with E-state index in [-0.39, 0.29) is 6.54 Å². The van der Waals surface area contributed by atoms with Crippen molar-refractivity contribution in [3.8, 4) is 0 Å². The highest BCUT2D eigenvalue weighted by Gasteiger charge is 2.34. The molecule has 5 rings (SSSR count). The molecule has 10 heteroatoms. The maximum atomic E-state index is 13.4. The van der Waals surface area contributed by atoms with Gasteiger partial charge in [-0.15, -0.1) is 5.10 Å². The lowest BCUT2D eigenvalue weighted by molar-refractivity contribution is -0.140. The van der Waals surface area contributed by atoms with E-state index in [2.05, 4.69) is 25.6 Å². The van der Waals surface area contributed by atoms with Gasteiger partial charge in [0.15, 0.2) is 0 Å². The topological polar surface area (TPSA) is 70.9 Å². The average molecular weight is 446 g/mol. The third-order valence-electron chi connectivity index (χ3n) is 6.33. The summed E-state index contributed by atoms with van der Waals surface area (Å²) < 4.78 is 53.8. The molecule has 1 saturated carbocycles. The van der Waals surface area contributed by atoms with Crippen LogP contribution >= 0.6 is 0 Å². The summed E-state index contributed by atoms with van der Waals surface area (Å²) in [5.41, 5.74) is 2.01. The summed E-state index contributed by atoms with van der Waals surface area (Å²) in [5.74, 6) is -0.492. The third kappa shape index (κ3) is 3.94. The molecule has 0 bridgehead atoms. The summed E-state index contributed by atoms with van der Waals surface area (Å²) in [4.78, 5) is 7.45. The number of benzene rings is 1. The van der Waals surface area contributed by atoms with Gasteiger partial charge in [-0.2, -0.15) is 13.2 Å². The molecule has 6 nitrogen and oxygen atoms in total. The van der Waals surface area contributed by atoms with Crippen LogP contribution in [-0.2, 0) is 12.7 Å². The van der Waals surface area contributed by atoms with E-state index in [1.54, 1.807) is 10.8 Å². The molecule has 2 N–H and O–H groups in total. The normalized spacial score (nSPS) is 19.8. The molecule has 0 atom stereocenters. The molecule has 0 radical (unpaired) electrons. The van der Waals surface area contributed by atoms with Gasteiger partial charge in [0.2, 0.25) is 0 Å². The predicted octanol–water partition coefficient (Wildman–Crippen LogP) is 4.83. The smallest absolute Gasteiger partial charge is 0.346 e. The fraction of sp³-hybridized carbons (Fsp3) is 0.409. The molecule has 0 amide bonds. The van der Waals surface area contributed by atoms with Crippen LogP contribution in [0.5, 0.6) is 0 Å². The number of H-pyrrole nitrogens is 1. The molecular formula is C22H22F4N6. The minimum absolute atomic E-state index is 0.275. The lowest BCUT2D eigenvalue weighted by Gasteiger charge is -2.27. The number of hydrogen-bond donors (Lipinski definition) is 2. The van der Waals surface area contributed by atoms with Crippen molar-refractivity contribution in [2.24, 2.45) is 5.92 Å². The Morgan fingerprint density at radius 2 is 1.94 bits per heavy atom. The summed E-state index contributed by atoms with van der Waals surface area (Å²) in [6, 6.07) is 5.14. The Morgan fingerprint density at radius 1 is 1.12 bits per heavy atom. The number of halogens is 4. The summed E-state index contributed by atoms with van der Waals surface area (Å²) in [6.07, 6.45) is 2.78. The van der Waals surface area contributed by atoms with Crippen LogP contribution in [0.4, 0.5) is 17.6 Å². The summed E-state index contributed by atoms with van der Waals surface area (Å²) in [6.45, 7) is 0.983. The quantitative estimate of drug-likeness (QED) is 0.431. The number of alkyl halides is 3. The van der Waals surface area contributed by atoms with E-state index in [1.807, 2.05) is 12.3 Å². The standard InChI is InChI=1S/C22H22F4N6/c23-18-6-3-14(9-17(18)22(24,25)26)11-27-10-13-1-4-15(5-2-13)19-20-16-7-8-28-21(16)29-12-32(20)31-30-19/h3,6-9,12-13,15,27-28H,1-2,4-5,10-11H2. The highest BCUT2D eigenvalue weighted by atomic mass is 19.4. The lowest BCUT2D eigenvalue weighted by Crippen LogP contribution is -2.26. The van der Waals surface area contributed by atoms with E-state index in [9.17, 15) is 17.6 Å². The predicted molar refractivity (Wildman–Crippen MR) is 110 cm³/mol. The first kappa shape index (κ1) is 20.9. The number of nitrogens with one attached hydrogen (secondary N) is 2. The highest BCUT2D eigenvalue weighted by Crippen LogP contribution is 2.37. The first-order valence-corrected chi connectivity index (χ1v) is 10.6. The van der Waals surface area contributed by atoms with Crippen molar-refractivity contribution >= 4 is 16.6 Å². The van der Waals surface area contributed by atoms with Gasteiger partial charge < -0.3 is 10.3 Å². The molecule has 1 aliphatic carbocycles. The second-order valence-electron chi connectivity index (χ2n) is 8.41. The number of aromatic nitrogens is 5. The molecule has 1 aliphatic rings. The van der Waals surface area contributed by atoms with Crippen molar-refractivity contribution < 1.29 is 17.6 Å².